The van der Waals surface area contributed by atoms with Gasteiger partial charge in [-0.1, -0.05) is 0 Å². The second kappa shape index (κ2) is 6.99. The smallest absolute Gasteiger partial charge is 0.326 e. The Morgan fingerprint density at radius 2 is 2.11 bits per heavy atom. The van der Waals surface area contributed by atoms with E-state index in [0.29, 0.717) is 35.7 Å². The number of aromatic nitrogens is 4. The minimum absolute atomic E-state index is 0.0649. The Kier molecular flexibility index (Phi) is 4.53. The number of amides is 1. The van der Waals surface area contributed by atoms with Crippen LogP contribution in [-0.2, 0) is 6.54 Å². The van der Waals surface area contributed by atoms with Crippen LogP contribution in [0.25, 0.3) is 11.0 Å². The number of nitrogens with one attached hydrogen (secondary N) is 2. The van der Waals surface area contributed by atoms with Gasteiger partial charge in [-0.2, -0.15) is 0 Å². The Morgan fingerprint density at radius 1 is 1.33 bits per heavy atom. The third-order valence-corrected chi connectivity index (χ3v) is 4.98. The molecule has 0 saturated heterocycles. The summed E-state index contributed by atoms with van der Waals surface area (Å²) in [6.07, 6.45) is 2.64. The van der Waals surface area contributed by atoms with Crippen molar-refractivity contribution in [2.75, 3.05) is 0 Å². The van der Waals surface area contributed by atoms with Gasteiger partial charge in [0.2, 0.25) is 11.8 Å². The molecule has 2 aromatic heterocycles. The largest absolute Gasteiger partial charge is 0.424 e. The lowest BCUT2D eigenvalue weighted by molar-refractivity contribution is 0.0947. The minimum Gasteiger partial charge on any atom is -0.424 e. The molecule has 0 atom stereocenters. The van der Waals surface area contributed by atoms with Crippen LogP contribution in [0.1, 0.15) is 53.9 Å². The normalized spacial score (nSPS) is 20.1. The van der Waals surface area contributed by atoms with Crippen molar-refractivity contribution in [2.24, 2.45) is 0 Å². The van der Waals surface area contributed by atoms with E-state index in [2.05, 4.69) is 20.5 Å². The Balaban J connectivity index is 1.54. The molecule has 2 heterocycles. The number of hydrogen-bond acceptors (Lipinski definition) is 6. The fraction of sp³-hybridized carbons (Fsp3) is 0.444. The van der Waals surface area contributed by atoms with E-state index < -0.39 is 0 Å². The van der Waals surface area contributed by atoms with Gasteiger partial charge in [-0.3, -0.25) is 9.36 Å². The number of aliphatic hydroxyl groups excluding tert-OH is 1. The van der Waals surface area contributed by atoms with Crippen LogP contribution < -0.4 is 11.0 Å². The minimum atomic E-state index is -0.290. The summed E-state index contributed by atoms with van der Waals surface area (Å²) >= 11 is 0. The predicted octanol–water partition coefficient (Wildman–Crippen LogP) is 1.43. The second-order valence-corrected chi connectivity index (χ2v) is 6.89. The maximum atomic E-state index is 12.4. The third-order valence-electron chi connectivity index (χ3n) is 4.98. The number of nitrogens with zero attached hydrogens (tertiary/aromatic N) is 3. The number of carbonyl (C=O) groups is 1. The summed E-state index contributed by atoms with van der Waals surface area (Å²) in [6, 6.07) is 5.21. The highest BCUT2D eigenvalue weighted by Crippen LogP contribution is 2.29. The second-order valence-electron chi connectivity index (χ2n) is 6.89. The van der Waals surface area contributed by atoms with Gasteiger partial charge in [0, 0.05) is 18.5 Å². The highest BCUT2D eigenvalue weighted by molar-refractivity contribution is 5.97. The summed E-state index contributed by atoms with van der Waals surface area (Å²) in [5, 5.41) is 20.0. The summed E-state index contributed by atoms with van der Waals surface area (Å²) in [5.74, 6) is 0.484. The number of aliphatic hydroxyl groups is 1. The molecule has 0 unspecified atom stereocenters. The quantitative estimate of drug-likeness (QED) is 0.637. The van der Waals surface area contributed by atoms with E-state index in [9.17, 15) is 14.7 Å². The number of rotatable bonds is 4. The van der Waals surface area contributed by atoms with Crippen LogP contribution in [-0.4, -0.2) is 36.9 Å². The molecule has 1 aromatic carbocycles. The lowest BCUT2D eigenvalue weighted by Crippen LogP contribution is -2.27. The molecule has 1 aliphatic rings. The van der Waals surface area contributed by atoms with Gasteiger partial charge >= 0.3 is 5.69 Å². The van der Waals surface area contributed by atoms with Crippen LogP contribution >= 0.6 is 0 Å². The van der Waals surface area contributed by atoms with Crippen molar-refractivity contribution in [1.82, 2.24) is 25.1 Å². The molecule has 1 saturated carbocycles. The molecule has 4 rings (SSSR count). The zero-order chi connectivity index (χ0) is 19.0. The number of fused-ring (bicyclic) bond motifs is 1. The van der Waals surface area contributed by atoms with E-state index in [0.717, 1.165) is 18.4 Å². The first kappa shape index (κ1) is 17.5. The lowest BCUT2D eigenvalue weighted by atomic mass is 9.93. The highest BCUT2D eigenvalue weighted by atomic mass is 16.4. The summed E-state index contributed by atoms with van der Waals surface area (Å²) in [5.41, 5.74) is 1.63. The molecule has 9 nitrogen and oxygen atoms in total. The van der Waals surface area contributed by atoms with Crippen molar-refractivity contribution >= 4 is 16.9 Å². The first-order chi connectivity index (χ1) is 13.0. The van der Waals surface area contributed by atoms with E-state index in [1.165, 1.54) is 0 Å². The number of imidazole rings is 1. The molecule has 0 spiro atoms. The van der Waals surface area contributed by atoms with E-state index in [1.54, 1.807) is 29.7 Å². The SMILES string of the molecule is Cc1nnc(CNC(=O)c2ccc3c(c2)[nH]c(=O)n3C2CCC(O)CC2)o1. The average Bonchev–Trinajstić information content (AvgIpc) is 3.22. The number of benzene rings is 1. The third kappa shape index (κ3) is 3.50. The molecule has 27 heavy (non-hydrogen) atoms. The van der Waals surface area contributed by atoms with E-state index in [-0.39, 0.29) is 30.3 Å². The number of carbonyl (C=O) groups excluding carboxylic acids is 1. The molecule has 0 bridgehead atoms. The summed E-state index contributed by atoms with van der Waals surface area (Å²) in [7, 11) is 0. The van der Waals surface area contributed by atoms with Crippen LogP contribution in [0, 0.1) is 6.92 Å². The van der Waals surface area contributed by atoms with Gasteiger partial charge in [0.15, 0.2) is 0 Å². The van der Waals surface area contributed by atoms with Crippen molar-refractivity contribution in [3.63, 3.8) is 0 Å². The van der Waals surface area contributed by atoms with Gasteiger partial charge in [0.1, 0.15) is 0 Å². The first-order valence-electron chi connectivity index (χ1n) is 9.01. The fourth-order valence-electron chi connectivity index (χ4n) is 3.62. The van der Waals surface area contributed by atoms with E-state index in [4.69, 9.17) is 4.42 Å². The molecule has 0 radical (unpaired) electrons. The maximum Gasteiger partial charge on any atom is 0.326 e. The molecule has 1 fully saturated rings. The summed E-state index contributed by atoms with van der Waals surface area (Å²) < 4.78 is 6.97. The molecule has 1 amide bonds. The van der Waals surface area contributed by atoms with Crippen LogP contribution in [0.3, 0.4) is 0 Å². The number of aromatic amines is 1. The van der Waals surface area contributed by atoms with Crippen LogP contribution in [0.5, 0.6) is 0 Å². The number of aryl methyl sites for hydroxylation is 1. The monoisotopic (exact) mass is 371 g/mol. The van der Waals surface area contributed by atoms with Gasteiger partial charge < -0.3 is 19.8 Å². The van der Waals surface area contributed by atoms with Crippen LogP contribution in [0.2, 0.25) is 0 Å². The molecular formula is C18H21N5O4. The van der Waals surface area contributed by atoms with E-state index in [1.807, 2.05) is 0 Å². The van der Waals surface area contributed by atoms with Gasteiger partial charge in [-0.05, 0) is 43.9 Å². The average molecular weight is 371 g/mol. The molecule has 9 heteroatoms. The Labute approximate surface area is 154 Å². The first-order valence-corrected chi connectivity index (χ1v) is 9.01. The molecule has 3 aromatic rings. The molecular weight excluding hydrogens is 350 g/mol. The van der Waals surface area contributed by atoms with Crippen molar-refractivity contribution < 1.29 is 14.3 Å². The van der Waals surface area contributed by atoms with Gasteiger partial charge in [0.05, 0.1) is 23.7 Å². The predicted molar refractivity (Wildman–Crippen MR) is 96.3 cm³/mol. The molecule has 0 aliphatic heterocycles. The van der Waals surface area contributed by atoms with Crippen LogP contribution in [0.15, 0.2) is 27.4 Å². The molecule has 3 N–H and O–H groups in total. The number of H-pyrrole nitrogens is 1. The lowest BCUT2D eigenvalue weighted by Gasteiger charge is -2.26. The van der Waals surface area contributed by atoms with Gasteiger partial charge in [0.25, 0.3) is 5.91 Å². The zero-order valence-corrected chi connectivity index (χ0v) is 14.9. The van der Waals surface area contributed by atoms with Crippen molar-refractivity contribution in [3.05, 3.63) is 46.0 Å². The van der Waals surface area contributed by atoms with Gasteiger partial charge in [-0.15, -0.1) is 10.2 Å². The Hall–Kier alpha value is -2.94. The fourth-order valence-corrected chi connectivity index (χ4v) is 3.62. The highest BCUT2D eigenvalue weighted by Gasteiger charge is 2.24. The number of hydrogen-bond donors (Lipinski definition) is 3. The summed E-state index contributed by atoms with van der Waals surface area (Å²) in [4.78, 5) is 27.6. The Bertz CT molecular complexity index is 1030. The standard InChI is InChI=1S/C18H21N5O4/c1-10-21-22-16(27-10)9-19-17(25)11-2-7-15-14(8-11)20-18(26)23(15)12-3-5-13(24)6-4-12/h2,7-8,12-13,24H,3-6,9H2,1H3,(H,19,25)(H,20,26). The topological polar surface area (TPSA) is 126 Å². The van der Waals surface area contributed by atoms with Gasteiger partial charge in [-0.25, -0.2) is 4.79 Å². The molecule has 1 aliphatic carbocycles. The maximum absolute atomic E-state index is 12.4. The van der Waals surface area contributed by atoms with E-state index >= 15 is 0 Å². The Morgan fingerprint density at radius 3 is 2.81 bits per heavy atom. The summed E-state index contributed by atoms with van der Waals surface area (Å²) in [6.45, 7) is 1.82. The van der Waals surface area contributed by atoms with Crippen molar-refractivity contribution in [1.29, 1.82) is 0 Å². The van der Waals surface area contributed by atoms with Crippen molar-refractivity contribution in [3.8, 4) is 0 Å². The van der Waals surface area contributed by atoms with Crippen molar-refractivity contribution in [2.45, 2.75) is 51.3 Å². The molecule has 142 valence electrons. The van der Waals surface area contributed by atoms with Crippen LogP contribution in [0.4, 0.5) is 0 Å². The zero-order valence-electron chi connectivity index (χ0n) is 14.9.